The lowest BCUT2D eigenvalue weighted by molar-refractivity contribution is -0.123. The van der Waals surface area contributed by atoms with E-state index < -0.39 is 0 Å². The van der Waals surface area contributed by atoms with Crippen LogP contribution in [0.5, 0.6) is 0 Å². The molecule has 1 aliphatic rings. The molecule has 0 radical (unpaired) electrons. The molecule has 1 atom stereocenters. The molecule has 15 heavy (non-hydrogen) atoms. The van der Waals surface area contributed by atoms with Gasteiger partial charge in [0.25, 0.3) is 0 Å². The van der Waals surface area contributed by atoms with Crippen LogP contribution in [0, 0.1) is 0 Å². The summed E-state index contributed by atoms with van der Waals surface area (Å²) < 4.78 is 0. The fourth-order valence-electron chi connectivity index (χ4n) is 1.78. The molecule has 1 fully saturated rings. The number of benzene rings is 1. The van der Waals surface area contributed by atoms with Crippen LogP contribution in [0.1, 0.15) is 13.3 Å². The number of hydrogen-bond donors (Lipinski definition) is 1. The molecule has 0 saturated carbocycles. The molecular weight excluding hydrogens is 190 g/mol. The highest BCUT2D eigenvalue weighted by Crippen LogP contribution is 2.31. The maximum atomic E-state index is 11.5. The number of anilines is 1. The standard InChI is InChI=1S/C12H13NO2/c1-9(8-14)11-7-12(15)13(11)10-5-3-2-4-6-10/h2-6,8,11,14H,7H2,1H3/b9-8-. The van der Waals surface area contributed by atoms with Crippen LogP contribution in [0.4, 0.5) is 5.69 Å². The van der Waals surface area contributed by atoms with Crippen molar-refractivity contribution in [3.05, 3.63) is 42.2 Å². The number of β-lactam (4-membered cyclic amide) rings is 1. The van der Waals surface area contributed by atoms with E-state index in [2.05, 4.69) is 0 Å². The average molecular weight is 203 g/mol. The number of rotatable bonds is 2. The minimum atomic E-state index is 0.0184. The number of carbonyl (C=O) groups excluding carboxylic acids is 1. The zero-order chi connectivity index (χ0) is 10.8. The van der Waals surface area contributed by atoms with Gasteiger partial charge in [0.15, 0.2) is 0 Å². The van der Waals surface area contributed by atoms with Crippen LogP contribution < -0.4 is 4.90 Å². The molecule has 0 bridgehead atoms. The first-order valence-corrected chi connectivity index (χ1v) is 4.92. The van der Waals surface area contributed by atoms with E-state index in [4.69, 9.17) is 5.11 Å². The summed E-state index contributed by atoms with van der Waals surface area (Å²) in [6.45, 7) is 1.83. The lowest BCUT2D eigenvalue weighted by Crippen LogP contribution is -2.53. The summed E-state index contributed by atoms with van der Waals surface area (Å²) >= 11 is 0. The van der Waals surface area contributed by atoms with Crippen molar-refractivity contribution < 1.29 is 9.90 Å². The Kier molecular flexibility index (Phi) is 2.46. The Bertz CT molecular complexity index is 397. The smallest absolute Gasteiger partial charge is 0.229 e. The molecule has 0 aliphatic carbocycles. The number of amides is 1. The van der Waals surface area contributed by atoms with Crippen molar-refractivity contribution in [1.82, 2.24) is 0 Å². The summed E-state index contributed by atoms with van der Waals surface area (Å²) in [6, 6.07) is 9.53. The Labute approximate surface area is 88.6 Å². The summed E-state index contributed by atoms with van der Waals surface area (Å²) in [5, 5.41) is 8.92. The van der Waals surface area contributed by atoms with Gasteiger partial charge in [0.05, 0.1) is 18.7 Å². The Morgan fingerprint density at radius 3 is 2.67 bits per heavy atom. The third kappa shape index (κ3) is 1.61. The molecule has 3 heteroatoms. The van der Waals surface area contributed by atoms with Crippen LogP contribution in [-0.2, 0) is 4.79 Å². The van der Waals surface area contributed by atoms with E-state index in [0.717, 1.165) is 17.5 Å². The van der Waals surface area contributed by atoms with Gasteiger partial charge in [-0.15, -0.1) is 0 Å². The van der Waals surface area contributed by atoms with Gasteiger partial charge < -0.3 is 10.0 Å². The molecule has 0 spiro atoms. The third-order valence-electron chi connectivity index (χ3n) is 2.71. The molecule has 1 N–H and O–H groups in total. The lowest BCUT2D eigenvalue weighted by atomic mass is 9.94. The Hall–Kier alpha value is -1.77. The number of aliphatic hydroxyl groups excluding tert-OH is 1. The zero-order valence-electron chi connectivity index (χ0n) is 8.55. The second kappa shape index (κ2) is 3.77. The maximum absolute atomic E-state index is 11.5. The van der Waals surface area contributed by atoms with E-state index in [1.165, 1.54) is 0 Å². The Morgan fingerprint density at radius 2 is 2.13 bits per heavy atom. The first-order valence-electron chi connectivity index (χ1n) is 4.92. The molecule has 2 rings (SSSR count). The van der Waals surface area contributed by atoms with E-state index in [1.54, 1.807) is 4.90 Å². The topological polar surface area (TPSA) is 40.5 Å². The van der Waals surface area contributed by atoms with E-state index in [1.807, 2.05) is 37.3 Å². The molecule has 1 unspecified atom stereocenters. The first kappa shape index (κ1) is 9.77. The maximum Gasteiger partial charge on any atom is 0.229 e. The molecule has 78 valence electrons. The van der Waals surface area contributed by atoms with Crippen LogP contribution in [0.25, 0.3) is 0 Å². The minimum Gasteiger partial charge on any atom is -0.516 e. The number of aliphatic hydroxyl groups is 1. The molecule has 1 saturated heterocycles. The van der Waals surface area contributed by atoms with Crippen molar-refractivity contribution in [1.29, 1.82) is 0 Å². The number of carbonyl (C=O) groups is 1. The van der Waals surface area contributed by atoms with Gasteiger partial charge in [-0.1, -0.05) is 18.2 Å². The number of nitrogens with zero attached hydrogens (tertiary/aromatic N) is 1. The third-order valence-corrected chi connectivity index (χ3v) is 2.71. The second-order valence-corrected chi connectivity index (χ2v) is 3.69. The Balaban J connectivity index is 2.25. The molecular formula is C12H13NO2. The van der Waals surface area contributed by atoms with Gasteiger partial charge in [0.2, 0.25) is 5.91 Å². The molecule has 1 aromatic carbocycles. The van der Waals surface area contributed by atoms with Crippen LogP contribution in [0.2, 0.25) is 0 Å². The molecule has 1 heterocycles. The van der Waals surface area contributed by atoms with Crippen molar-refractivity contribution in [3.8, 4) is 0 Å². The predicted octanol–water partition coefficient (Wildman–Crippen LogP) is 2.25. The first-order chi connectivity index (χ1) is 7.24. The van der Waals surface area contributed by atoms with Gasteiger partial charge >= 0.3 is 0 Å². The van der Waals surface area contributed by atoms with Gasteiger partial charge in [-0.2, -0.15) is 0 Å². The molecule has 0 aromatic heterocycles. The summed E-state index contributed by atoms with van der Waals surface area (Å²) in [6.07, 6.45) is 1.56. The number of para-hydroxylation sites is 1. The molecule has 1 amide bonds. The van der Waals surface area contributed by atoms with E-state index in [-0.39, 0.29) is 11.9 Å². The van der Waals surface area contributed by atoms with Gasteiger partial charge in [-0.25, -0.2) is 0 Å². The van der Waals surface area contributed by atoms with E-state index >= 15 is 0 Å². The van der Waals surface area contributed by atoms with Gasteiger partial charge in [-0.05, 0) is 24.6 Å². The summed E-state index contributed by atoms with van der Waals surface area (Å²) in [7, 11) is 0. The van der Waals surface area contributed by atoms with Crippen LogP contribution in [0.3, 0.4) is 0 Å². The predicted molar refractivity (Wildman–Crippen MR) is 58.7 cm³/mol. The SMILES string of the molecule is C/C(=C/O)C1CC(=O)N1c1ccccc1. The van der Waals surface area contributed by atoms with E-state index in [0.29, 0.717) is 6.42 Å². The quantitative estimate of drug-likeness (QED) is 0.591. The highest BCUT2D eigenvalue weighted by atomic mass is 16.2. The second-order valence-electron chi connectivity index (χ2n) is 3.69. The highest BCUT2D eigenvalue weighted by Gasteiger charge is 2.38. The fraction of sp³-hybridized carbons (Fsp3) is 0.250. The summed E-state index contributed by atoms with van der Waals surface area (Å²) in [5.74, 6) is 0.104. The Morgan fingerprint density at radius 1 is 1.47 bits per heavy atom. The normalized spacial score (nSPS) is 21.4. The summed E-state index contributed by atoms with van der Waals surface area (Å²) in [4.78, 5) is 13.2. The lowest BCUT2D eigenvalue weighted by Gasteiger charge is -2.40. The average Bonchev–Trinajstić information content (AvgIpc) is 2.26. The highest BCUT2D eigenvalue weighted by molar-refractivity contribution is 6.01. The van der Waals surface area contributed by atoms with Crippen molar-refractivity contribution in [2.45, 2.75) is 19.4 Å². The largest absolute Gasteiger partial charge is 0.516 e. The summed E-state index contributed by atoms with van der Waals surface area (Å²) in [5.41, 5.74) is 1.71. The fourth-order valence-corrected chi connectivity index (χ4v) is 1.78. The van der Waals surface area contributed by atoms with Gasteiger partial charge in [0.1, 0.15) is 0 Å². The van der Waals surface area contributed by atoms with E-state index in [9.17, 15) is 4.79 Å². The van der Waals surface area contributed by atoms with Crippen molar-refractivity contribution >= 4 is 11.6 Å². The molecule has 3 nitrogen and oxygen atoms in total. The van der Waals surface area contributed by atoms with Crippen LogP contribution in [-0.4, -0.2) is 17.1 Å². The minimum absolute atomic E-state index is 0.0184. The van der Waals surface area contributed by atoms with Gasteiger partial charge in [-0.3, -0.25) is 4.79 Å². The monoisotopic (exact) mass is 203 g/mol. The van der Waals surface area contributed by atoms with Crippen LogP contribution >= 0.6 is 0 Å². The van der Waals surface area contributed by atoms with Gasteiger partial charge in [0, 0.05) is 5.69 Å². The van der Waals surface area contributed by atoms with Crippen molar-refractivity contribution in [2.75, 3.05) is 4.90 Å². The van der Waals surface area contributed by atoms with Crippen LogP contribution in [0.15, 0.2) is 42.2 Å². The molecule has 1 aliphatic heterocycles. The number of hydrogen-bond acceptors (Lipinski definition) is 2. The zero-order valence-corrected chi connectivity index (χ0v) is 8.55. The molecule has 1 aromatic rings. The van der Waals surface area contributed by atoms with Crippen molar-refractivity contribution in [3.63, 3.8) is 0 Å². The van der Waals surface area contributed by atoms with Crippen molar-refractivity contribution in [2.24, 2.45) is 0 Å².